The van der Waals surface area contributed by atoms with Gasteiger partial charge in [0.15, 0.2) is 11.3 Å². The van der Waals surface area contributed by atoms with Crippen LogP contribution in [0.1, 0.15) is 5.56 Å². The van der Waals surface area contributed by atoms with Gasteiger partial charge in [0.1, 0.15) is 23.9 Å². The third-order valence-electron chi connectivity index (χ3n) is 2.05. The molecule has 0 aliphatic rings. The van der Waals surface area contributed by atoms with Gasteiger partial charge in [-0.3, -0.25) is 0 Å². The van der Waals surface area contributed by atoms with Crippen LogP contribution in [0.2, 0.25) is 0 Å². The molecule has 2 N–H and O–H groups in total. The van der Waals surface area contributed by atoms with Gasteiger partial charge in [-0.15, -0.1) is 0 Å². The zero-order chi connectivity index (χ0) is 13.7. The second kappa shape index (κ2) is 5.72. The number of allylic oxidation sites excluding steroid dienone is 2. The van der Waals surface area contributed by atoms with Crippen molar-refractivity contribution in [2.24, 2.45) is 0 Å². The van der Waals surface area contributed by atoms with Crippen molar-refractivity contribution in [3.8, 4) is 24.0 Å². The smallest absolute Gasteiger partial charge is 0.163 e. The average Bonchev–Trinajstić information content (AvgIpc) is 2.35. The van der Waals surface area contributed by atoms with Crippen LogP contribution in [0.5, 0.6) is 5.75 Å². The molecule has 0 unspecified atom stereocenters. The third-order valence-corrected chi connectivity index (χ3v) is 2.66. The number of phenolic OH excluding ortho intramolecular Hbond substituents is 1. The number of nitrogens with one attached hydrogen (secondary N) is 1. The highest BCUT2D eigenvalue weighted by molar-refractivity contribution is 9.10. The van der Waals surface area contributed by atoms with E-state index in [9.17, 15) is 5.11 Å². The maximum atomic E-state index is 9.79. The summed E-state index contributed by atoms with van der Waals surface area (Å²) in [6.45, 7) is 1.81. The van der Waals surface area contributed by atoms with Crippen molar-refractivity contribution in [2.75, 3.05) is 5.32 Å². The highest BCUT2D eigenvalue weighted by Gasteiger charge is 2.11. The molecule has 0 aromatic heterocycles. The highest BCUT2D eigenvalue weighted by atomic mass is 79.9. The Hall–Kier alpha value is -2.49. The van der Waals surface area contributed by atoms with Crippen LogP contribution in [0, 0.1) is 40.9 Å². The first kappa shape index (κ1) is 13.6. The van der Waals surface area contributed by atoms with Crippen molar-refractivity contribution in [1.82, 2.24) is 0 Å². The molecule has 0 saturated heterocycles. The zero-order valence-corrected chi connectivity index (χ0v) is 10.9. The van der Waals surface area contributed by atoms with Crippen molar-refractivity contribution in [2.45, 2.75) is 6.92 Å². The zero-order valence-electron chi connectivity index (χ0n) is 9.32. The number of nitrogens with zero attached hydrogens (tertiary/aromatic N) is 3. The number of hydrogen-bond acceptors (Lipinski definition) is 5. The monoisotopic (exact) mass is 302 g/mol. The number of aryl methyl sites for hydroxylation is 1. The third kappa shape index (κ3) is 2.79. The Bertz CT molecular complexity index is 628. The summed E-state index contributed by atoms with van der Waals surface area (Å²) in [6.07, 6.45) is 0. The Balaban J connectivity index is 3.30. The minimum absolute atomic E-state index is 0.0939. The Morgan fingerprint density at radius 2 is 1.83 bits per heavy atom. The van der Waals surface area contributed by atoms with Crippen molar-refractivity contribution in [3.63, 3.8) is 0 Å². The summed E-state index contributed by atoms with van der Waals surface area (Å²) >= 11 is 3.16. The quantitative estimate of drug-likeness (QED) is 0.645. The molecule has 88 valence electrons. The summed E-state index contributed by atoms with van der Waals surface area (Å²) in [5.74, 6) is -0.0939. The molecular formula is C12H7BrN4O. The van der Waals surface area contributed by atoms with Crippen LogP contribution in [-0.2, 0) is 0 Å². The van der Waals surface area contributed by atoms with E-state index in [0.717, 1.165) is 5.56 Å². The molecule has 1 aromatic carbocycles. The van der Waals surface area contributed by atoms with Crippen LogP contribution >= 0.6 is 15.9 Å². The molecule has 0 heterocycles. The van der Waals surface area contributed by atoms with E-state index in [1.165, 1.54) is 0 Å². The number of halogens is 1. The minimum atomic E-state index is -0.338. The molecule has 0 aliphatic heterocycles. The van der Waals surface area contributed by atoms with Gasteiger partial charge in [0.2, 0.25) is 0 Å². The fraction of sp³-hybridized carbons (Fsp3) is 0.0833. The van der Waals surface area contributed by atoms with E-state index in [-0.39, 0.29) is 22.7 Å². The lowest BCUT2D eigenvalue weighted by molar-refractivity contribution is 0.474. The number of rotatable bonds is 2. The lowest BCUT2D eigenvalue weighted by atomic mass is 10.2. The lowest BCUT2D eigenvalue weighted by Crippen LogP contribution is -2.01. The fourth-order valence-corrected chi connectivity index (χ4v) is 1.82. The van der Waals surface area contributed by atoms with E-state index in [4.69, 9.17) is 15.8 Å². The number of aromatic hydroxyl groups is 1. The van der Waals surface area contributed by atoms with Gasteiger partial charge < -0.3 is 10.4 Å². The number of benzene rings is 1. The largest absolute Gasteiger partial charge is 0.505 e. The SMILES string of the molecule is Cc1cc(Br)c(O)c(NC(C#N)=C(C#N)C#N)c1. The maximum Gasteiger partial charge on any atom is 0.163 e. The molecule has 6 heteroatoms. The maximum absolute atomic E-state index is 9.79. The summed E-state index contributed by atoms with van der Waals surface area (Å²) in [5, 5.41) is 38.6. The summed E-state index contributed by atoms with van der Waals surface area (Å²) in [5.41, 5.74) is 0.554. The summed E-state index contributed by atoms with van der Waals surface area (Å²) < 4.78 is 0.456. The topological polar surface area (TPSA) is 104 Å². The Morgan fingerprint density at radius 1 is 1.22 bits per heavy atom. The molecule has 0 bridgehead atoms. The fourth-order valence-electron chi connectivity index (χ4n) is 1.25. The van der Waals surface area contributed by atoms with Crippen molar-refractivity contribution in [3.05, 3.63) is 33.4 Å². The van der Waals surface area contributed by atoms with Gasteiger partial charge in [0.25, 0.3) is 0 Å². The van der Waals surface area contributed by atoms with Gasteiger partial charge in [0, 0.05) is 0 Å². The standard InChI is InChI=1S/C12H7BrN4O/c1-7-2-9(13)12(18)10(3-7)17-11(6-16)8(4-14)5-15/h2-3,17-18H,1H3. The van der Waals surface area contributed by atoms with Crippen LogP contribution in [0.25, 0.3) is 0 Å². The predicted octanol–water partition coefficient (Wildman–Crippen LogP) is 2.70. The lowest BCUT2D eigenvalue weighted by Gasteiger charge is -2.09. The van der Waals surface area contributed by atoms with Crippen LogP contribution < -0.4 is 5.32 Å². The molecule has 0 spiro atoms. The van der Waals surface area contributed by atoms with E-state index in [0.29, 0.717) is 4.47 Å². The van der Waals surface area contributed by atoms with Crippen molar-refractivity contribution < 1.29 is 5.11 Å². The Labute approximate surface area is 112 Å². The number of nitriles is 3. The van der Waals surface area contributed by atoms with E-state index >= 15 is 0 Å². The van der Waals surface area contributed by atoms with Gasteiger partial charge in [-0.2, -0.15) is 15.8 Å². The molecule has 5 nitrogen and oxygen atoms in total. The second-order valence-corrected chi connectivity index (χ2v) is 4.21. The van der Waals surface area contributed by atoms with Crippen molar-refractivity contribution >= 4 is 21.6 Å². The molecule has 1 rings (SSSR count). The molecule has 18 heavy (non-hydrogen) atoms. The van der Waals surface area contributed by atoms with Gasteiger partial charge in [0.05, 0.1) is 10.2 Å². The average molecular weight is 303 g/mol. The normalized spacial score (nSPS) is 8.61. The Morgan fingerprint density at radius 3 is 2.33 bits per heavy atom. The van der Waals surface area contributed by atoms with Crippen LogP contribution in [0.15, 0.2) is 27.9 Å². The molecule has 1 aromatic rings. The Kier molecular flexibility index (Phi) is 4.32. The van der Waals surface area contributed by atoms with E-state index in [1.807, 2.05) is 0 Å². The summed E-state index contributed by atoms with van der Waals surface area (Å²) in [6, 6.07) is 8.24. The van der Waals surface area contributed by atoms with Crippen LogP contribution in [0.4, 0.5) is 5.69 Å². The first-order valence-electron chi connectivity index (χ1n) is 4.74. The van der Waals surface area contributed by atoms with Crippen LogP contribution in [0.3, 0.4) is 0 Å². The van der Waals surface area contributed by atoms with Gasteiger partial charge in [-0.25, -0.2) is 0 Å². The molecule has 0 radical (unpaired) electrons. The van der Waals surface area contributed by atoms with Gasteiger partial charge in [-0.05, 0) is 40.5 Å². The predicted molar refractivity (Wildman–Crippen MR) is 68.0 cm³/mol. The summed E-state index contributed by atoms with van der Waals surface area (Å²) in [7, 11) is 0. The van der Waals surface area contributed by atoms with Gasteiger partial charge in [-0.1, -0.05) is 0 Å². The van der Waals surface area contributed by atoms with Crippen molar-refractivity contribution in [1.29, 1.82) is 15.8 Å². The number of phenols is 1. The molecule has 0 amide bonds. The molecular weight excluding hydrogens is 296 g/mol. The first-order valence-corrected chi connectivity index (χ1v) is 5.53. The summed E-state index contributed by atoms with van der Waals surface area (Å²) in [4.78, 5) is 0. The molecule has 0 aliphatic carbocycles. The van der Waals surface area contributed by atoms with Crippen LogP contribution in [-0.4, -0.2) is 5.11 Å². The molecule has 0 atom stereocenters. The van der Waals surface area contributed by atoms with E-state index in [1.54, 1.807) is 37.3 Å². The minimum Gasteiger partial charge on any atom is -0.505 e. The number of anilines is 1. The highest BCUT2D eigenvalue weighted by Crippen LogP contribution is 2.34. The van der Waals surface area contributed by atoms with E-state index in [2.05, 4.69) is 21.2 Å². The molecule has 0 fully saturated rings. The van der Waals surface area contributed by atoms with Gasteiger partial charge >= 0.3 is 0 Å². The molecule has 0 saturated carbocycles. The van der Waals surface area contributed by atoms with E-state index < -0.39 is 0 Å². The second-order valence-electron chi connectivity index (χ2n) is 3.35. The number of hydrogen-bond donors (Lipinski definition) is 2. The first-order chi connectivity index (χ1) is 8.53.